The van der Waals surface area contributed by atoms with E-state index in [1.807, 2.05) is 0 Å². The summed E-state index contributed by atoms with van der Waals surface area (Å²) in [5.74, 6) is -1.54. The number of nitrogens with two attached hydrogens (primary N) is 1. The van der Waals surface area contributed by atoms with Crippen LogP contribution in [-0.4, -0.2) is 48.0 Å². The maximum atomic E-state index is 11.6. The van der Waals surface area contributed by atoms with E-state index in [1.165, 1.54) is 13.1 Å². The number of aliphatic carboxylic acids is 1. The average molecular weight is 280 g/mol. The maximum Gasteiger partial charge on any atom is 0.323 e. The Hall–Kier alpha value is -2.57. The first kappa shape index (κ1) is 15.5. The van der Waals surface area contributed by atoms with E-state index in [0.29, 0.717) is 11.3 Å². The summed E-state index contributed by atoms with van der Waals surface area (Å²) >= 11 is 0. The van der Waals surface area contributed by atoms with E-state index in [4.69, 9.17) is 15.6 Å². The van der Waals surface area contributed by atoms with Gasteiger partial charge in [-0.25, -0.2) is 0 Å². The molecular weight excluding hydrogens is 264 g/mol. The summed E-state index contributed by atoms with van der Waals surface area (Å²) < 4.78 is 5.32. The van der Waals surface area contributed by atoms with Gasteiger partial charge in [0.2, 0.25) is 11.8 Å². The molecule has 0 bridgehead atoms. The lowest BCUT2D eigenvalue weighted by Gasteiger charge is -2.14. The predicted molar refractivity (Wildman–Crippen MR) is 70.3 cm³/mol. The van der Waals surface area contributed by atoms with E-state index in [0.717, 1.165) is 4.90 Å². The summed E-state index contributed by atoms with van der Waals surface area (Å²) in [5.41, 5.74) is 5.45. The molecule has 0 unspecified atom stereocenters. The number of carbonyl (C=O) groups is 3. The van der Waals surface area contributed by atoms with Gasteiger partial charge in [-0.05, 0) is 18.2 Å². The number of hydrogen-bond acceptors (Lipinski definition) is 4. The van der Waals surface area contributed by atoms with Crippen LogP contribution in [-0.2, 0) is 9.59 Å². The molecule has 0 spiro atoms. The molecule has 3 N–H and O–H groups in total. The van der Waals surface area contributed by atoms with Gasteiger partial charge in [-0.15, -0.1) is 0 Å². The standard InChI is InChI=1S/C13H16N2O5/c1-15(8-12(17)18)11(16)5-6-20-10-4-2-3-9(7-10)13(14)19/h2-4,7H,5-6,8H2,1H3,(H2,14,19)(H,17,18). The topological polar surface area (TPSA) is 110 Å². The predicted octanol–water partition coefficient (Wildman–Crippen LogP) is 0.0974. The summed E-state index contributed by atoms with van der Waals surface area (Å²) in [7, 11) is 1.41. The highest BCUT2D eigenvalue weighted by Crippen LogP contribution is 2.13. The lowest BCUT2D eigenvalue weighted by atomic mass is 10.2. The normalized spacial score (nSPS) is 9.85. The van der Waals surface area contributed by atoms with Gasteiger partial charge < -0.3 is 20.5 Å². The molecule has 0 atom stereocenters. The SMILES string of the molecule is CN(CC(=O)O)C(=O)CCOc1cccc(C(N)=O)c1. The van der Waals surface area contributed by atoms with E-state index < -0.39 is 11.9 Å². The van der Waals surface area contributed by atoms with Crippen molar-refractivity contribution in [3.05, 3.63) is 29.8 Å². The van der Waals surface area contributed by atoms with Crippen LogP contribution in [0.1, 0.15) is 16.8 Å². The molecule has 0 aromatic heterocycles. The number of amides is 2. The first-order valence-corrected chi connectivity index (χ1v) is 5.88. The highest BCUT2D eigenvalue weighted by Gasteiger charge is 2.12. The molecule has 7 heteroatoms. The lowest BCUT2D eigenvalue weighted by molar-refractivity contribution is -0.143. The molecule has 0 heterocycles. The third kappa shape index (κ3) is 4.97. The Morgan fingerprint density at radius 2 is 2.05 bits per heavy atom. The van der Waals surface area contributed by atoms with Crippen molar-refractivity contribution < 1.29 is 24.2 Å². The molecule has 1 aromatic rings. The number of nitrogens with zero attached hydrogens (tertiary/aromatic N) is 1. The second kappa shape index (κ2) is 7.13. The summed E-state index contributed by atoms with van der Waals surface area (Å²) in [4.78, 5) is 34.1. The second-order valence-electron chi connectivity index (χ2n) is 4.13. The van der Waals surface area contributed by atoms with Gasteiger partial charge in [0, 0.05) is 12.6 Å². The molecule has 0 radical (unpaired) electrons. The molecule has 0 aliphatic rings. The quantitative estimate of drug-likeness (QED) is 0.736. The summed E-state index contributed by atoms with van der Waals surface area (Å²) in [6.07, 6.45) is 0.0462. The summed E-state index contributed by atoms with van der Waals surface area (Å²) in [5, 5.41) is 8.55. The van der Waals surface area contributed by atoms with E-state index in [9.17, 15) is 14.4 Å². The van der Waals surface area contributed by atoms with Crippen LogP contribution < -0.4 is 10.5 Å². The Labute approximate surface area is 115 Å². The van der Waals surface area contributed by atoms with Crippen molar-refractivity contribution in [2.75, 3.05) is 20.2 Å². The van der Waals surface area contributed by atoms with Crippen molar-refractivity contribution in [2.24, 2.45) is 5.73 Å². The molecule has 2 amide bonds. The van der Waals surface area contributed by atoms with Crippen LogP contribution in [0.2, 0.25) is 0 Å². The number of carboxylic acids is 1. The number of hydrogen-bond donors (Lipinski definition) is 2. The largest absolute Gasteiger partial charge is 0.493 e. The number of carboxylic acid groups (broad SMARTS) is 1. The number of rotatable bonds is 7. The average Bonchev–Trinajstić information content (AvgIpc) is 2.38. The minimum atomic E-state index is -1.07. The Balaban J connectivity index is 2.44. The highest BCUT2D eigenvalue weighted by molar-refractivity contribution is 5.93. The zero-order valence-electron chi connectivity index (χ0n) is 11.0. The first-order chi connectivity index (χ1) is 9.40. The first-order valence-electron chi connectivity index (χ1n) is 5.88. The Kier molecular flexibility index (Phi) is 5.52. The van der Waals surface area contributed by atoms with Crippen LogP contribution in [0.25, 0.3) is 0 Å². The Morgan fingerprint density at radius 3 is 2.65 bits per heavy atom. The third-order valence-electron chi connectivity index (χ3n) is 2.50. The van der Waals surface area contributed by atoms with Crippen molar-refractivity contribution in [2.45, 2.75) is 6.42 Å². The zero-order valence-corrected chi connectivity index (χ0v) is 11.0. The second-order valence-corrected chi connectivity index (χ2v) is 4.13. The van der Waals surface area contributed by atoms with E-state index in [2.05, 4.69) is 0 Å². The molecular formula is C13H16N2O5. The van der Waals surface area contributed by atoms with E-state index in [-0.39, 0.29) is 25.5 Å². The van der Waals surface area contributed by atoms with Crippen molar-refractivity contribution >= 4 is 17.8 Å². The van der Waals surface area contributed by atoms with Crippen molar-refractivity contribution in [1.29, 1.82) is 0 Å². The molecule has 0 saturated carbocycles. The minimum Gasteiger partial charge on any atom is -0.493 e. The fourth-order valence-corrected chi connectivity index (χ4v) is 1.48. The van der Waals surface area contributed by atoms with Gasteiger partial charge in [0.05, 0.1) is 13.0 Å². The van der Waals surface area contributed by atoms with Crippen molar-refractivity contribution in [3.63, 3.8) is 0 Å². The highest BCUT2D eigenvalue weighted by atomic mass is 16.5. The minimum absolute atomic E-state index is 0.0462. The van der Waals surface area contributed by atoms with Crippen LogP contribution in [0.3, 0.4) is 0 Å². The molecule has 7 nitrogen and oxygen atoms in total. The lowest BCUT2D eigenvalue weighted by Crippen LogP contribution is -2.32. The van der Waals surface area contributed by atoms with Crippen LogP contribution in [0.15, 0.2) is 24.3 Å². The molecule has 0 fully saturated rings. The fraction of sp³-hybridized carbons (Fsp3) is 0.308. The van der Waals surface area contributed by atoms with Crippen LogP contribution in [0.4, 0.5) is 0 Å². The zero-order chi connectivity index (χ0) is 15.1. The van der Waals surface area contributed by atoms with Gasteiger partial charge in [0.1, 0.15) is 12.3 Å². The van der Waals surface area contributed by atoms with Gasteiger partial charge in [-0.3, -0.25) is 14.4 Å². The third-order valence-corrected chi connectivity index (χ3v) is 2.50. The number of benzene rings is 1. The molecule has 0 aliphatic heterocycles. The smallest absolute Gasteiger partial charge is 0.323 e. The van der Waals surface area contributed by atoms with Crippen LogP contribution in [0.5, 0.6) is 5.75 Å². The molecule has 0 aliphatic carbocycles. The van der Waals surface area contributed by atoms with E-state index >= 15 is 0 Å². The van der Waals surface area contributed by atoms with Crippen molar-refractivity contribution in [3.8, 4) is 5.75 Å². The molecule has 1 rings (SSSR count). The number of carbonyl (C=O) groups excluding carboxylic acids is 2. The monoisotopic (exact) mass is 280 g/mol. The molecule has 0 saturated heterocycles. The Morgan fingerprint density at radius 1 is 1.35 bits per heavy atom. The van der Waals surface area contributed by atoms with Gasteiger partial charge >= 0.3 is 5.97 Å². The van der Waals surface area contributed by atoms with Gasteiger partial charge in [-0.2, -0.15) is 0 Å². The van der Waals surface area contributed by atoms with Crippen molar-refractivity contribution in [1.82, 2.24) is 4.90 Å². The van der Waals surface area contributed by atoms with E-state index in [1.54, 1.807) is 18.2 Å². The Bertz CT molecular complexity index is 515. The van der Waals surface area contributed by atoms with Crippen LogP contribution in [0, 0.1) is 0 Å². The summed E-state index contributed by atoms with van der Waals surface area (Å²) in [6.45, 7) is -0.263. The number of likely N-dealkylation sites (N-methyl/N-ethyl adjacent to an activating group) is 1. The fourth-order valence-electron chi connectivity index (χ4n) is 1.48. The molecule has 1 aromatic carbocycles. The van der Waals surface area contributed by atoms with Gasteiger partial charge in [0.15, 0.2) is 0 Å². The molecule has 108 valence electrons. The molecule has 20 heavy (non-hydrogen) atoms. The maximum absolute atomic E-state index is 11.6. The number of ether oxygens (including phenoxy) is 1. The van der Waals surface area contributed by atoms with Gasteiger partial charge in [-0.1, -0.05) is 6.07 Å². The number of primary amides is 1. The van der Waals surface area contributed by atoms with Crippen LogP contribution >= 0.6 is 0 Å². The van der Waals surface area contributed by atoms with Gasteiger partial charge in [0.25, 0.3) is 0 Å². The summed E-state index contributed by atoms with van der Waals surface area (Å²) in [6, 6.07) is 6.29.